The van der Waals surface area contributed by atoms with E-state index in [0.29, 0.717) is 6.07 Å². The lowest BCUT2D eigenvalue weighted by Gasteiger charge is -2.13. The monoisotopic (exact) mass is 271 g/mol. The van der Waals surface area contributed by atoms with E-state index in [2.05, 4.69) is 21.2 Å². The molecule has 0 bridgehead atoms. The highest BCUT2D eigenvalue weighted by atomic mass is 79.9. The zero-order valence-electron chi connectivity index (χ0n) is 7.04. The number of halogens is 5. The number of anilines is 1. The smallest absolute Gasteiger partial charge is 0.387 e. The Hall–Kier alpha value is -0.780. The topological polar surface area (TPSA) is 12.0 Å². The molecule has 0 radical (unpaired) electrons. The quantitative estimate of drug-likeness (QED) is 0.769. The first-order valence-electron chi connectivity index (χ1n) is 3.60. The lowest BCUT2D eigenvalue weighted by molar-refractivity contribution is -0.137. The van der Waals surface area contributed by atoms with Crippen molar-refractivity contribution in [2.45, 2.75) is 6.18 Å². The van der Waals surface area contributed by atoms with Crippen LogP contribution in [0.2, 0.25) is 0 Å². The Bertz CT molecular complexity index is 348. The summed E-state index contributed by atoms with van der Waals surface area (Å²) in [4.78, 5) is 0. The largest absolute Gasteiger partial charge is 0.418 e. The molecule has 6 heteroatoms. The summed E-state index contributed by atoms with van der Waals surface area (Å²) < 4.78 is 49.9. The minimum absolute atomic E-state index is 0.0484. The van der Waals surface area contributed by atoms with E-state index in [9.17, 15) is 17.6 Å². The minimum Gasteiger partial charge on any atom is -0.387 e. The van der Waals surface area contributed by atoms with Gasteiger partial charge < -0.3 is 5.32 Å². The molecular formula is C8H6BrF4N. The van der Waals surface area contributed by atoms with Crippen LogP contribution in [0.25, 0.3) is 0 Å². The van der Waals surface area contributed by atoms with Gasteiger partial charge in [-0.25, -0.2) is 4.39 Å². The SMILES string of the molecule is CNc1c(Br)cc(F)cc1C(F)(F)F. The number of hydrogen-bond donors (Lipinski definition) is 1. The first-order valence-corrected chi connectivity index (χ1v) is 4.39. The third-order valence-corrected chi connectivity index (χ3v) is 2.24. The van der Waals surface area contributed by atoms with Gasteiger partial charge in [0, 0.05) is 11.5 Å². The van der Waals surface area contributed by atoms with Crippen molar-refractivity contribution in [3.63, 3.8) is 0 Å². The molecule has 0 saturated carbocycles. The molecule has 0 unspecified atom stereocenters. The Balaban J connectivity index is 3.40. The summed E-state index contributed by atoms with van der Waals surface area (Å²) in [5.41, 5.74) is -1.19. The van der Waals surface area contributed by atoms with Crippen molar-refractivity contribution in [2.75, 3.05) is 12.4 Å². The van der Waals surface area contributed by atoms with E-state index in [4.69, 9.17) is 0 Å². The molecule has 0 aliphatic rings. The van der Waals surface area contributed by atoms with Crippen molar-refractivity contribution in [1.29, 1.82) is 0 Å². The van der Waals surface area contributed by atoms with Crippen LogP contribution in [0.5, 0.6) is 0 Å². The van der Waals surface area contributed by atoms with Crippen LogP contribution in [0.3, 0.4) is 0 Å². The van der Waals surface area contributed by atoms with E-state index in [0.717, 1.165) is 6.07 Å². The van der Waals surface area contributed by atoms with Gasteiger partial charge in [-0.3, -0.25) is 0 Å². The van der Waals surface area contributed by atoms with Crippen LogP contribution in [-0.2, 0) is 6.18 Å². The average Bonchev–Trinajstić information content (AvgIpc) is 2.01. The molecule has 0 aliphatic heterocycles. The first-order chi connectivity index (χ1) is 6.36. The Morgan fingerprint density at radius 3 is 2.29 bits per heavy atom. The minimum atomic E-state index is -4.57. The molecule has 0 aliphatic carbocycles. The molecule has 1 aromatic rings. The molecule has 0 aromatic heterocycles. The molecular weight excluding hydrogens is 266 g/mol. The van der Waals surface area contributed by atoms with Crippen LogP contribution in [0.15, 0.2) is 16.6 Å². The van der Waals surface area contributed by atoms with Crippen LogP contribution in [-0.4, -0.2) is 7.05 Å². The van der Waals surface area contributed by atoms with E-state index in [-0.39, 0.29) is 10.2 Å². The van der Waals surface area contributed by atoms with E-state index >= 15 is 0 Å². The third kappa shape index (κ3) is 2.17. The second-order valence-corrected chi connectivity index (χ2v) is 3.41. The molecule has 1 N–H and O–H groups in total. The van der Waals surface area contributed by atoms with Crippen LogP contribution >= 0.6 is 15.9 Å². The zero-order chi connectivity index (χ0) is 10.9. The number of alkyl halides is 3. The zero-order valence-corrected chi connectivity index (χ0v) is 8.63. The summed E-state index contributed by atoms with van der Waals surface area (Å²) in [6, 6.07) is 1.43. The number of hydrogen-bond acceptors (Lipinski definition) is 1. The lowest BCUT2D eigenvalue weighted by atomic mass is 10.1. The molecule has 0 spiro atoms. The fourth-order valence-corrected chi connectivity index (χ4v) is 1.68. The molecule has 1 rings (SSSR count). The van der Waals surface area contributed by atoms with Crippen LogP contribution < -0.4 is 5.32 Å². The summed E-state index contributed by atoms with van der Waals surface area (Å²) in [5.74, 6) is -0.928. The van der Waals surface area contributed by atoms with Gasteiger partial charge in [0.15, 0.2) is 0 Å². The highest BCUT2D eigenvalue weighted by molar-refractivity contribution is 9.10. The molecule has 0 saturated heterocycles. The van der Waals surface area contributed by atoms with Gasteiger partial charge in [0.25, 0.3) is 0 Å². The molecule has 0 fully saturated rings. The van der Waals surface area contributed by atoms with Gasteiger partial charge in [0.05, 0.1) is 11.3 Å². The van der Waals surface area contributed by atoms with Crippen LogP contribution in [0.1, 0.15) is 5.56 Å². The van der Waals surface area contributed by atoms with Gasteiger partial charge in [-0.15, -0.1) is 0 Å². The highest BCUT2D eigenvalue weighted by Gasteiger charge is 2.34. The van der Waals surface area contributed by atoms with E-state index in [1.807, 2.05) is 0 Å². The molecule has 1 aromatic carbocycles. The van der Waals surface area contributed by atoms with Crippen molar-refractivity contribution in [2.24, 2.45) is 0 Å². The van der Waals surface area contributed by atoms with Gasteiger partial charge in [-0.2, -0.15) is 13.2 Å². The fourth-order valence-electron chi connectivity index (χ4n) is 1.05. The maximum absolute atomic E-state index is 12.7. The second-order valence-electron chi connectivity index (χ2n) is 2.56. The number of benzene rings is 1. The molecule has 14 heavy (non-hydrogen) atoms. The van der Waals surface area contributed by atoms with Gasteiger partial charge in [0.1, 0.15) is 5.82 Å². The summed E-state index contributed by atoms with van der Waals surface area (Å²) in [6.45, 7) is 0. The Morgan fingerprint density at radius 2 is 1.86 bits per heavy atom. The van der Waals surface area contributed by atoms with Gasteiger partial charge in [-0.1, -0.05) is 0 Å². The van der Waals surface area contributed by atoms with Crippen molar-refractivity contribution in [3.05, 3.63) is 28.0 Å². The summed E-state index contributed by atoms with van der Waals surface area (Å²) in [5, 5.41) is 2.36. The maximum Gasteiger partial charge on any atom is 0.418 e. The molecule has 1 nitrogen and oxygen atoms in total. The fraction of sp³-hybridized carbons (Fsp3) is 0.250. The second kappa shape index (κ2) is 3.76. The van der Waals surface area contributed by atoms with E-state index < -0.39 is 17.6 Å². The average molecular weight is 272 g/mol. The highest BCUT2D eigenvalue weighted by Crippen LogP contribution is 2.38. The Labute approximate surface area is 86.2 Å². The maximum atomic E-state index is 12.7. The van der Waals surface area contributed by atoms with Gasteiger partial charge >= 0.3 is 6.18 Å². The first kappa shape index (κ1) is 11.3. The lowest BCUT2D eigenvalue weighted by Crippen LogP contribution is -2.10. The Kier molecular flexibility index (Phi) is 3.04. The van der Waals surface area contributed by atoms with Crippen molar-refractivity contribution in [1.82, 2.24) is 0 Å². The van der Waals surface area contributed by atoms with Crippen molar-refractivity contribution >= 4 is 21.6 Å². The molecule has 0 amide bonds. The van der Waals surface area contributed by atoms with Gasteiger partial charge in [-0.05, 0) is 28.1 Å². The summed E-state index contributed by atoms with van der Waals surface area (Å²) >= 11 is 2.85. The van der Waals surface area contributed by atoms with E-state index in [1.54, 1.807) is 0 Å². The Morgan fingerprint density at radius 1 is 1.29 bits per heavy atom. The normalized spacial score (nSPS) is 11.6. The predicted molar refractivity (Wildman–Crippen MR) is 48.6 cm³/mol. The molecule has 0 heterocycles. The predicted octanol–water partition coefficient (Wildman–Crippen LogP) is 3.65. The van der Waals surface area contributed by atoms with Crippen molar-refractivity contribution < 1.29 is 17.6 Å². The molecule has 78 valence electrons. The standard InChI is InChI=1S/C8H6BrF4N/c1-14-7-5(8(11,12)13)2-4(10)3-6(7)9/h2-3,14H,1H3. The van der Waals surface area contributed by atoms with Crippen LogP contribution in [0.4, 0.5) is 23.2 Å². The van der Waals surface area contributed by atoms with Crippen LogP contribution in [0, 0.1) is 5.82 Å². The van der Waals surface area contributed by atoms with E-state index in [1.165, 1.54) is 7.05 Å². The summed E-state index contributed by atoms with van der Waals surface area (Å²) in [7, 11) is 1.34. The third-order valence-electron chi connectivity index (χ3n) is 1.61. The molecule has 0 atom stereocenters. The van der Waals surface area contributed by atoms with Crippen molar-refractivity contribution in [3.8, 4) is 0 Å². The summed E-state index contributed by atoms with van der Waals surface area (Å²) in [6.07, 6.45) is -4.57. The number of nitrogens with one attached hydrogen (secondary N) is 1. The van der Waals surface area contributed by atoms with Gasteiger partial charge in [0.2, 0.25) is 0 Å². The number of rotatable bonds is 1.